The number of carboxylic acid groups (broad SMARTS) is 1. The molecule has 0 radical (unpaired) electrons. The number of rotatable bonds is 9. The van der Waals surface area contributed by atoms with Crippen LogP contribution in [0.2, 0.25) is 31.0 Å². The van der Waals surface area contributed by atoms with E-state index in [2.05, 4.69) is 39.9 Å². The van der Waals surface area contributed by atoms with Crippen LogP contribution in [0.3, 0.4) is 0 Å². The van der Waals surface area contributed by atoms with E-state index in [1.54, 1.807) is 6.20 Å². The maximum atomic E-state index is 10.8. The van der Waals surface area contributed by atoms with Crippen LogP contribution in [0.1, 0.15) is 12.8 Å². The minimum absolute atomic E-state index is 0.0751. The Labute approximate surface area is 198 Å². The van der Waals surface area contributed by atoms with Crippen LogP contribution in [0, 0.1) is 0 Å². The molecule has 0 atom stereocenters. The molecular formula is C22H28ClN5O4Si. The predicted octanol–water partition coefficient (Wildman–Crippen LogP) is 4.64. The number of nitrogens with zero attached hydrogens (tertiary/aromatic N) is 4. The van der Waals surface area contributed by atoms with Gasteiger partial charge in [-0.3, -0.25) is 4.98 Å². The summed E-state index contributed by atoms with van der Waals surface area (Å²) in [6.07, 6.45) is 3.60. The largest absolute Gasteiger partial charge is 0.474 e. The molecule has 1 saturated carbocycles. The average Bonchev–Trinajstić information content (AvgIpc) is 3.08. The summed E-state index contributed by atoms with van der Waals surface area (Å²) in [5, 5.41) is 12.2. The highest BCUT2D eigenvalue weighted by Crippen LogP contribution is 2.37. The normalized spacial score (nSPS) is 18.2. The third kappa shape index (κ3) is 5.81. The van der Waals surface area contributed by atoms with E-state index in [0.717, 1.165) is 17.3 Å². The fourth-order valence-electron chi connectivity index (χ4n) is 3.68. The lowest BCUT2D eigenvalue weighted by Crippen LogP contribution is -2.48. The SMILES string of the molecule is C[Si](C)(C)CCOCn1cc(-c2ccccn2)c2c(O[C@H]3C[C@H](NC(=O)O)C3)nc(Cl)nc21. The van der Waals surface area contributed by atoms with E-state index in [1.165, 1.54) is 0 Å². The van der Waals surface area contributed by atoms with Crippen LogP contribution < -0.4 is 10.1 Å². The summed E-state index contributed by atoms with van der Waals surface area (Å²) in [6, 6.07) is 6.63. The number of carbonyl (C=O) groups is 1. The standard InChI is InChI=1S/C22H28ClN5O4Si/c1-33(2,3)9-8-31-13-28-12-16(17-6-4-5-7-24-17)18-19(28)26-21(23)27-20(18)32-15-10-14(11-15)25-22(29)30/h4-7,12,14-15,25H,8-11,13H2,1-3H3,(H,29,30)/t14-,15-. The molecule has 3 aromatic rings. The van der Waals surface area contributed by atoms with Gasteiger partial charge < -0.3 is 24.5 Å². The first kappa shape index (κ1) is 23.5. The van der Waals surface area contributed by atoms with Crippen molar-refractivity contribution < 1.29 is 19.4 Å². The van der Waals surface area contributed by atoms with Crippen LogP contribution in [0.25, 0.3) is 22.3 Å². The second-order valence-electron chi connectivity index (χ2n) is 9.43. The number of ether oxygens (including phenoxy) is 2. The van der Waals surface area contributed by atoms with Crippen molar-refractivity contribution in [2.24, 2.45) is 0 Å². The molecule has 0 unspecified atom stereocenters. The molecule has 3 aromatic heterocycles. The zero-order valence-electron chi connectivity index (χ0n) is 18.9. The summed E-state index contributed by atoms with van der Waals surface area (Å²) in [4.78, 5) is 24.2. The van der Waals surface area contributed by atoms with Gasteiger partial charge in [0.25, 0.3) is 0 Å². The van der Waals surface area contributed by atoms with Gasteiger partial charge >= 0.3 is 6.09 Å². The Morgan fingerprint density at radius 1 is 1.30 bits per heavy atom. The van der Waals surface area contributed by atoms with Gasteiger partial charge in [-0.1, -0.05) is 25.7 Å². The van der Waals surface area contributed by atoms with Crippen molar-refractivity contribution in [1.82, 2.24) is 24.8 Å². The third-order valence-corrected chi connectivity index (χ3v) is 7.40. The fourth-order valence-corrected chi connectivity index (χ4v) is 4.60. The summed E-state index contributed by atoms with van der Waals surface area (Å²) in [6.45, 7) is 7.95. The molecule has 0 bridgehead atoms. The van der Waals surface area contributed by atoms with Gasteiger partial charge in [-0.2, -0.15) is 9.97 Å². The Morgan fingerprint density at radius 2 is 2.09 bits per heavy atom. The highest BCUT2D eigenvalue weighted by atomic mass is 35.5. The first-order valence-corrected chi connectivity index (χ1v) is 15.0. The summed E-state index contributed by atoms with van der Waals surface area (Å²) in [5.41, 5.74) is 2.20. The number of aromatic nitrogens is 4. The van der Waals surface area contributed by atoms with Crippen molar-refractivity contribution in [2.45, 2.75) is 57.4 Å². The van der Waals surface area contributed by atoms with Crippen molar-refractivity contribution in [3.05, 3.63) is 35.9 Å². The Balaban J connectivity index is 1.63. The summed E-state index contributed by atoms with van der Waals surface area (Å²) >= 11 is 6.26. The molecule has 1 amide bonds. The molecule has 176 valence electrons. The lowest BCUT2D eigenvalue weighted by molar-refractivity contribution is 0.0806. The number of nitrogens with one attached hydrogen (secondary N) is 1. The molecule has 1 aliphatic carbocycles. The van der Waals surface area contributed by atoms with Gasteiger partial charge in [-0.05, 0) is 29.8 Å². The molecule has 4 rings (SSSR count). The van der Waals surface area contributed by atoms with Gasteiger partial charge in [-0.25, -0.2) is 4.79 Å². The number of hydrogen-bond donors (Lipinski definition) is 2. The highest BCUT2D eigenvalue weighted by molar-refractivity contribution is 6.76. The Morgan fingerprint density at radius 3 is 2.76 bits per heavy atom. The minimum Gasteiger partial charge on any atom is -0.474 e. The van der Waals surface area contributed by atoms with E-state index in [4.69, 9.17) is 26.2 Å². The lowest BCUT2D eigenvalue weighted by Gasteiger charge is -2.34. The zero-order valence-corrected chi connectivity index (χ0v) is 20.7. The zero-order chi connectivity index (χ0) is 23.6. The van der Waals surface area contributed by atoms with Crippen molar-refractivity contribution in [3.63, 3.8) is 0 Å². The van der Waals surface area contributed by atoms with E-state index in [-0.39, 0.29) is 17.4 Å². The number of fused-ring (bicyclic) bond motifs is 1. The molecule has 0 aromatic carbocycles. The van der Waals surface area contributed by atoms with Crippen molar-refractivity contribution in [3.8, 4) is 17.1 Å². The Kier molecular flexibility index (Phi) is 6.87. The quantitative estimate of drug-likeness (QED) is 0.256. The molecule has 2 N–H and O–H groups in total. The van der Waals surface area contributed by atoms with Gasteiger partial charge in [-0.15, -0.1) is 0 Å². The van der Waals surface area contributed by atoms with Gasteiger partial charge in [0.15, 0.2) is 5.65 Å². The molecule has 11 heteroatoms. The topological polar surface area (TPSA) is 111 Å². The fraction of sp³-hybridized carbons (Fsp3) is 0.455. The van der Waals surface area contributed by atoms with Crippen LogP contribution in [0.4, 0.5) is 4.79 Å². The van der Waals surface area contributed by atoms with E-state index in [9.17, 15) is 4.79 Å². The highest BCUT2D eigenvalue weighted by Gasteiger charge is 2.33. The molecule has 0 aliphatic heterocycles. The van der Waals surface area contributed by atoms with Crippen molar-refractivity contribution >= 4 is 36.8 Å². The van der Waals surface area contributed by atoms with Gasteiger partial charge in [0.1, 0.15) is 12.8 Å². The summed E-state index contributed by atoms with van der Waals surface area (Å²) in [5.74, 6) is 0.366. The first-order valence-electron chi connectivity index (χ1n) is 10.9. The summed E-state index contributed by atoms with van der Waals surface area (Å²) in [7, 11) is -1.20. The minimum atomic E-state index is -1.20. The van der Waals surface area contributed by atoms with Gasteiger partial charge in [0.05, 0.1) is 11.1 Å². The smallest absolute Gasteiger partial charge is 0.404 e. The molecule has 9 nitrogen and oxygen atoms in total. The predicted molar refractivity (Wildman–Crippen MR) is 128 cm³/mol. The van der Waals surface area contributed by atoms with Gasteiger partial charge in [0, 0.05) is 51.5 Å². The Bertz CT molecular complexity index is 1130. The molecule has 0 spiro atoms. The van der Waals surface area contributed by atoms with Crippen LogP contribution in [-0.2, 0) is 11.5 Å². The average molecular weight is 490 g/mol. The maximum Gasteiger partial charge on any atom is 0.404 e. The number of halogens is 1. The monoisotopic (exact) mass is 489 g/mol. The lowest BCUT2D eigenvalue weighted by atomic mass is 9.89. The Hall–Kier alpha value is -2.69. The number of pyridine rings is 1. The van der Waals surface area contributed by atoms with Crippen molar-refractivity contribution in [2.75, 3.05) is 6.61 Å². The molecule has 3 heterocycles. The maximum absolute atomic E-state index is 10.8. The molecule has 33 heavy (non-hydrogen) atoms. The van der Waals surface area contributed by atoms with E-state index in [0.29, 0.717) is 43.1 Å². The molecule has 1 fully saturated rings. The van der Waals surface area contributed by atoms with E-state index in [1.807, 2.05) is 29.0 Å². The second-order valence-corrected chi connectivity index (χ2v) is 15.4. The first-order chi connectivity index (χ1) is 15.7. The number of amides is 1. The molecule has 0 saturated heterocycles. The van der Waals surface area contributed by atoms with Crippen LogP contribution in [0.15, 0.2) is 30.6 Å². The second kappa shape index (κ2) is 9.66. The van der Waals surface area contributed by atoms with E-state index < -0.39 is 14.2 Å². The van der Waals surface area contributed by atoms with E-state index >= 15 is 0 Å². The van der Waals surface area contributed by atoms with Crippen LogP contribution in [0.5, 0.6) is 5.88 Å². The molecule has 1 aliphatic rings. The third-order valence-electron chi connectivity index (χ3n) is 5.52. The summed E-state index contributed by atoms with van der Waals surface area (Å²) < 4.78 is 14.0. The molecular weight excluding hydrogens is 462 g/mol. The van der Waals surface area contributed by atoms with Gasteiger partial charge in [0.2, 0.25) is 11.2 Å². The number of hydrogen-bond acceptors (Lipinski definition) is 6. The van der Waals surface area contributed by atoms with Crippen LogP contribution >= 0.6 is 11.6 Å². The van der Waals surface area contributed by atoms with Crippen LogP contribution in [-0.4, -0.2) is 57.5 Å². The van der Waals surface area contributed by atoms with Crippen molar-refractivity contribution in [1.29, 1.82) is 0 Å².